The summed E-state index contributed by atoms with van der Waals surface area (Å²) in [5, 5.41) is 3.79. The Morgan fingerprint density at radius 1 is 1.53 bits per heavy atom. The largest absolute Gasteiger partial charge is 0.453 e. The fraction of sp³-hybridized carbons (Fsp3) is 0.429. The number of aromatic nitrogens is 1. The Hall–Kier alpha value is -1.55. The molecule has 1 fully saturated rings. The number of nitrogens with one attached hydrogen (secondary N) is 1. The summed E-state index contributed by atoms with van der Waals surface area (Å²) >= 11 is 5.76. The first-order chi connectivity index (χ1) is 9.13. The molecule has 3 rings (SSSR count). The molecule has 0 aliphatic carbocycles. The van der Waals surface area contributed by atoms with Gasteiger partial charge in [-0.1, -0.05) is 24.6 Å². The van der Waals surface area contributed by atoms with Gasteiger partial charge in [-0.25, -0.2) is 9.78 Å². The third kappa shape index (κ3) is 2.45. The number of carbonyl (C=O) groups is 1. The van der Waals surface area contributed by atoms with Crippen LogP contribution >= 0.6 is 11.6 Å². The fourth-order valence-corrected chi connectivity index (χ4v) is 2.68. The number of hydrogen-bond donors (Lipinski definition) is 1. The fourth-order valence-electron chi connectivity index (χ4n) is 2.57. The van der Waals surface area contributed by atoms with Crippen LogP contribution in [0.15, 0.2) is 29.6 Å². The summed E-state index contributed by atoms with van der Waals surface area (Å²) in [5.74, 6) is 0.314. The minimum atomic E-state index is -0.212. The van der Waals surface area contributed by atoms with Crippen LogP contribution in [-0.2, 0) is 16.0 Å². The van der Waals surface area contributed by atoms with Crippen LogP contribution in [0.2, 0.25) is 5.15 Å². The van der Waals surface area contributed by atoms with E-state index in [4.69, 9.17) is 16.3 Å². The highest BCUT2D eigenvalue weighted by molar-refractivity contribution is 6.29. The highest BCUT2D eigenvalue weighted by Gasteiger charge is 2.37. The van der Waals surface area contributed by atoms with Gasteiger partial charge in [-0.15, -0.1) is 0 Å². The van der Waals surface area contributed by atoms with Crippen molar-refractivity contribution < 1.29 is 9.53 Å². The molecule has 1 aromatic heterocycles. The summed E-state index contributed by atoms with van der Waals surface area (Å²) in [5.41, 5.74) is 2.64. The normalized spacial score (nSPS) is 25.9. The van der Waals surface area contributed by atoms with E-state index in [1.807, 2.05) is 6.07 Å². The van der Waals surface area contributed by atoms with E-state index in [1.54, 1.807) is 12.3 Å². The highest BCUT2D eigenvalue weighted by atomic mass is 35.5. The summed E-state index contributed by atoms with van der Waals surface area (Å²) in [7, 11) is 0. The number of nitrogens with zero attached hydrogens (tertiary/aromatic N) is 1. The van der Waals surface area contributed by atoms with Crippen LogP contribution in [-0.4, -0.2) is 23.6 Å². The standard InChI is InChI=1S/C14H15ClN2O2/c1-8-4-11-13(17-6-8)10(14(18)19-11)5-9-2-3-12(15)16-7-9/h2-3,7-8,11,17H,4-6H2,1H3. The zero-order valence-electron chi connectivity index (χ0n) is 10.6. The minimum absolute atomic E-state index is 0.0912. The lowest BCUT2D eigenvalue weighted by Gasteiger charge is -2.26. The third-order valence-corrected chi connectivity index (χ3v) is 3.79. The Labute approximate surface area is 116 Å². The van der Waals surface area contributed by atoms with Crippen molar-refractivity contribution in [2.45, 2.75) is 25.9 Å². The van der Waals surface area contributed by atoms with Crippen LogP contribution < -0.4 is 5.32 Å². The molecule has 2 aliphatic rings. The summed E-state index contributed by atoms with van der Waals surface area (Å²) in [4.78, 5) is 16.0. The van der Waals surface area contributed by atoms with Crippen LogP contribution in [0.3, 0.4) is 0 Å². The maximum Gasteiger partial charge on any atom is 0.336 e. The molecule has 2 unspecified atom stereocenters. The van der Waals surface area contributed by atoms with Crippen molar-refractivity contribution >= 4 is 17.6 Å². The molecule has 100 valence electrons. The topological polar surface area (TPSA) is 51.2 Å². The maximum atomic E-state index is 12.0. The van der Waals surface area contributed by atoms with Gasteiger partial charge in [0, 0.05) is 19.2 Å². The molecule has 1 N–H and O–H groups in total. The first-order valence-electron chi connectivity index (χ1n) is 6.42. The zero-order chi connectivity index (χ0) is 13.4. The molecule has 2 atom stereocenters. The lowest BCUT2D eigenvalue weighted by molar-refractivity contribution is -0.140. The molecule has 0 saturated carbocycles. The lowest BCUT2D eigenvalue weighted by Crippen LogP contribution is -2.35. The Bertz CT molecular complexity index is 539. The Morgan fingerprint density at radius 2 is 2.37 bits per heavy atom. The molecule has 0 radical (unpaired) electrons. The van der Waals surface area contributed by atoms with E-state index in [0.29, 0.717) is 17.5 Å². The maximum absolute atomic E-state index is 12.0. The van der Waals surface area contributed by atoms with E-state index in [2.05, 4.69) is 17.2 Å². The van der Waals surface area contributed by atoms with Crippen molar-refractivity contribution in [2.24, 2.45) is 5.92 Å². The zero-order valence-corrected chi connectivity index (χ0v) is 11.4. The number of fused-ring (bicyclic) bond motifs is 1. The van der Waals surface area contributed by atoms with Crippen molar-refractivity contribution in [3.63, 3.8) is 0 Å². The number of carbonyl (C=O) groups excluding carboxylic acids is 1. The number of esters is 1. The Balaban J connectivity index is 1.84. The average Bonchev–Trinajstić information content (AvgIpc) is 2.68. The highest BCUT2D eigenvalue weighted by Crippen LogP contribution is 2.30. The first-order valence-corrected chi connectivity index (χ1v) is 6.79. The molecule has 2 aliphatic heterocycles. The molecular formula is C14H15ClN2O2. The van der Waals surface area contributed by atoms with Gasteiger partial charge < -0.3 is 10.1 Å². The van der Waals surface area contributed by atoms with Gasteiger partial charge in [0.15, 0.2) is 0 Å². The van der Waals surface area contributed by atoms with E-state index in [-0.39, 0.29) is 12.1 Å². The smallest absolute Gasteiger partial charge is 0.336 e. The molecule has 1 saturated heterocycles. The number of pyridine rings is 1. The Morgan fingerprint density at radius 3 is 3.11 bits per heavy atom. The van der Waals surface area contributed by atoms with Crippen LogP contribution in [0.4, 0.5) is 0 Å². The lowest BCUT2D eigenvalue weighted by atomic mass is 9.94. The van der Waals surface area contributed by atoms with E-state index >= 15 is 0 Å². The van der Waals surface area contributed by atoms with Crippen molar-refractivity contribution in [1.82, 2.24) is 10.3 Å². The molecule has 4 nitrogen and oxygen atoms in total. The summed E-state index contributed by atoms with van der Waals surface area (Å²) in [6.07, 6.45) is 3.04. The molecule has 0 bridgehead atoms. The van der Waals surface area contributed by atoms with E-state index in [0.717, 1.165) is 29.8 Å². The van der Waals surface area contributed by atoms with Crippen LogP contribution in [0.5, 0.6) is 0 Å². The van der Waals surface area contributed by atoms with Crippen LogP contribution in [0, 0.1) is 5.92 Å². The minimum Gasteiger partial charge on any atom is -0.453 e. The second kappa shape index (κ2) is 4.85. The van der Waals surface area contributed by atoms with Gasteiger partial charge in [0.1, 0.15) is 11.3 Å². The summed E-state index contributed by atoms with van der Waals surface area (Å²) in [6, 6.07) is 3.62. The molecule has 1 aromatic rings. The van der Waals surface area contributed by atoms with E-state index < -0.39 is 0 Å². The number of ether oxygens (including phenoxy) is 1. The van der Waals surface area contributed by atoms with Crippen molar-refractivity contribution in [3.8, 4) is 0 Å². The monoisotopic (exact) mass is 278 g/mol. The molecule has 0 aromatic carbocycles. The summed E-state index contributed by atoms with van der Waals surface area (Å²) in [6.45, 7) is 3.05. The second-order valence-corrected chi connectivity index (χ2v) is 5.56. The van der Waals surface area contributed by atoms with Gasteiger partial charge in [-0.2, -0.15) is 0 Å². The molecule has 0 amide bonds. The SMILES string of the molecule is CC1CNC2=C(Cc3ccc(Cl)nc3)C(=O)OC2C1. The van der Waals surface area contributed by atoms with E-state index in [9.17, 15) is 4.79 Å². The molecule has 3 heterocycles. The van der Waals surface area contributed by atoms with Gasteiger partial charge in [0.25, 0.3) is 0 Å². The summed E-state index contributed by atoms with van der Waals surface area (Å²) < 4.78 is 5.42. The van der Waals surface area contributed by atoms with Gasteiger partial charge in [-0.3, -0.25) is 0 Å². The van der Waals surface area contributed by atoms with Gasteiger partial charge >= 0.3 is 5.97 Å². The second-order valence-electron chi connectivity index (χ2n) is 5.17. The first kappa shape index (κ1) is 12.5. The molecule has 19 heavy (non-hydrogen) atoms. The van der Waals surface area contributed by atoms with Crippen molar-refractivity contribution in [3.05, 3.63) is 40.3 Å². The van der Waals surface area contributed by atoms with Gasteiger partial charge in [-0.05, 0) is 24.0 Å². The predicted molar refractivity (Wildman–Crippen MR) is 71.6 cm³/mol. The molecule has 5 heteroatoms. The van der Waals surface area contributed by atoms with Gasteiger partial charge in [0.05, 0.1) is 11.3 Å². The number of rotatable bonds is 2. The third-order valence-electron chi connectivity index (χ3n) is 3.57. The van der Waals surface area contributed by atoms with Crippen molar-refractivity contribution in [1.29, 1.82) is 0 Å². The van der Waals surface area contributed by atoms with Crippen LogP contribution in [0.25, 0.3) is 0 Å². The van der Waals surface area contributed by atoms with Gasteiger partial charge in [0.2, 0.25) is 0 Å². The Kier molecular flexibility index (Phi) is 3.19. The molecule has 0 spiro atoms. The molecular weight excluding hydrogens is 264 g/mol. The van der Waals surface area contributed by atoms with E-state index in [1.165, 1.54) is 0 Å². The quantitative estimate of drug-likeness (QED) is 0.665. The van der Waals surface area contributed by atoms with Crippen molar-refractivity contribution in [2.75, 3.05) is 6.54 Å². The predicted octanol–water partition coefficient (Wildman–Crippen LogP) is 2.09. The number of halogens is 1. The number of hydrogen-bond acceptors (Lipinski definition) is 4. The number of piperidine rings is 1. The average molecular weight is 279 g/mol. The van der Waals surface area contributed by atoms with Crippen LogP contribution in [0.1, 0.15) is 18.9 Å².